The summed E-state index contributed by atoms with van der Waals surface area (Å²) in [5, 5.41) is 11.0. The van der Waals surface area contributed by atoms with E-state index in [1.807, 2.05) is 12.2 Å². The molecular formula is C11H18N2O5. The van der Waals surface area contributed by atoms with Crippen LogP contribution >= 0.6 is 0 Å². The van der Waals surface area contributed by atoms with Gasteiger partial charge in [-0.1, -0.05) is 12.2 Å². The molecule has 1 aliphatic rings. The summed E-state index contributed by atoms with van der Waals surface area (Å²) in [6.45, 7) is 0.747. The van der Waals surface area contributed by atoms with Crippen LogP contribution < -0.4 is 11.1 Å². The summed E-state index contributed by atoms with van der Waals surface area (Å²) >= 11 is 0. The number of nitrogens with two attached hydrogens (primary N) is 1. The van der Waals surface area contributed by atoms with Crippen LogP contribution in [0.4, 0.5) is 4.79 Å². The molecule has 1 rings (SSSR count). The fourth-order valence-corrected chi connectivity index (χ4v) is 1.19. The Kier molecular flexibility index (Phi) is 6.16. The number of rotatable bonds is 9. The van der Waals surface area contributed by atoms with E-state index in [0.29, 0.717) is 32.4 Å². The van der Waals surface area contributed by atoms with Crippen LogP contribution in [0.15, 0.2) is 12.2 Å². The smallest absolute Gasteiger partial charge is 0.438 e. The molecule has 1 aliphatic carbocycles. The van der Waals surface area contributed by atoms with Gasteiger partial charge >= 0.3 is 12.1 Å². The minimum atomic E-state index is -1.01. The van der Waals surface area contributed by atoms with Crippen molar-refractivity contribution in [2.24, 2.45) is 11.7 Å². The number of hydrogen-bond acceptors (Lipinski definition) is 5. The molecule has 0 spiro atoms. The van der Waals surface area contributed by atoms with E-state index in [4.69, 9.17) is 10.8 Å². The van der Waals surface area contributed by atoms with Crippen molar-refractivity contribution in [1.82, 2.24) is 5.32 Å². The van der Waals surface area contributed by atoms with Crippen LogP contribution in [0, 0.1) is 5.92 Å². The Labute approximate surface area is 105 Å². The molecule has 0 aromatic rings. The van der Waals surface area contributed by atoms with Crippen molar-refractivity contribution in [3.05, 3.63) is 12.2 Å². The van der Waals surface area contributed by atoms with E-state index in [9.17, 15) is 9.59 Å². The van der Waals surface area contributed by atoms with Gasteiger partial charge in [0.15, 0.2) is 0 Å². The fraction of sp³-hybridized carbons (Fsp3) is 0.636. The highest BCUT2D eigenvalue weighted by Gasteiger charge is 2.13. The van der Waals surface area contributed by atoms with E-state index in [-0.39, 0.29) is 5.92 Å². The highest BCUT2D eigenvalue weighted by atomic mass is 17.2. The largest absolute Gasteiger partial charge is 0.480 e. The molecule has 7 nitrogen and oxygen atoms in total. The standard InChI is InChI=1S/C11H18N2O5/c12-9(10(14)15)3-1-2-6-13-11(16)18-17-7-8-4-5-8/h4-5,8-9H,1-3,6-7,12H2,(H,13,16)(H,14,15)/t9-/m0/s1. The van der Waals surface area contributed by atoms with Gasteiger partial charge in [-0.2, -0.15) is 4.89 Å². The molecule has 0 bridgehead atoms. The zero-order chi connectivity index (χ0) is 13.4. The molecule has 0 unspecified atom stereocenters. The van der Waals surface area contributed by atoms with Gasteiger partial charge in [-0.05, 0) is 19.3 Å². The summed E-state index contributed by atoms with van der Waals surface area (Å²) in [6.07, 6.45) is 4.88. The maximum Gasteiger partial charge on any atom is 0.438 e. The van der Waals surface area contributed by atoms with Crippen LogP contribution in [0.2, 0.25) is 0 Å². The number of aliphatic carboxylic acids is 1. The predicted molar refractivity (Wildman–Crippen MR) is 62.5 cm³/mol. The van der Waals surface area contributed by atoms with Gasteiger partial charge in [0, 0.05) is 12.5 Å². The SMILES string of the molecule is N[C@@H](CCCCNC(=O)OOCC1C=C1)C(=O)O. The summed E-state index contributed by atoms with van der Waals surface area (Å²) in [6, 6.07) is -0.841. The Morgan fingerprint density at radius 1 is 1.39 bits per heavy atom. The normalized spacial score (nSPS) is 15.2. The third-order valence-electron chi connectivity index (χ3n) is 2.39. The lowest BCUT2D eigenvalue weighted by Crippen LogP contribution is -2.30. The molecule has 0 saturated carbocycles. The maximum absolute atomic E-state index is 11.1. The number of carbonyl (C=O) groups excluding carboxylic acids is 1. The zero-order valence-electron chi connectivity index (χ0n) is 10.0. The zero-order valence-corrected chi connectivity index (χ0v) is 10.0. The van der Waals surface area contributed by atoms with E-state index >= 15 is 0 Å². The van der Waals surface area contributed by atoms with E-state index in [0.717, 1.165) is 0 Å². The molecular weight excluding hydrogens is 240 g/mol. The molecule has 0 aliphatic heterocycles. The number of carboxylic acids is 1. The molecule has 0 radical (unpaired) electrons. The highest BCUT2D eigenvalue weighted by molar-refractivity contribution is 5.72. The average molecular weight is 258 g/mol. The van der Waals surface area contributed by atoms with Gasteiger partial charge in [-0.25, -0.2) is 4.79 Å². The highest BCUT2D eigenvalue weighted by Crippen LogP contribution is 2.15. The molecule has 18 heavy (non-hydrogen) atoms. The number of carboxylic acid groups (broad SMARTS) is 1. The lowest BCUT2D eigenvalue weighted by atomic mass is 10.1. The second-order valence-electron chi connectivity index (χ2n) is 4.07. The average Bonchev–Trinajstić information content (AvgIpc) is 3.12. The molecule has 0 heterocycles. The summed E-state index contributed by atoms with van der Waals surface area (Å²) in [7, 11) is 0. The van der Waals surface area contributed by atoms with E-state index in [2.05, 4.69) is 15.1 Å². The second-order valence-corrected chi connectivity index (χ2v) is 4.07. The van der Waals surface area contributed by atoms with Crippen LogP contribution in [0.5, 0.6) is 0 Å². The minimum absolute atomic E-state index is 0.287. The number of unbranched alkanes of at least 4 members (excludes halogenated alkanes) is 1. The van der Waals surface area contributed by atoms with E-state index in [1.165, 1.54) is 0 Å². The van der Waals surface area contributed by atoms with Gasteiger partial charge in [0.2, 0.25) is 0 Å². The third kappa shape index (κ3) is 6.87. The third-order valence-corrected chi connectivity index (χ3v) is 2.39. The summed E-state index contributed by atoms with van der Waals surface area (Å²) in [5.74, 6) is -0.722. The molecule has 0 aromatic carbocycles. The van der Waals surface area contributed by atoms with Gasteiger partial charge in [-0.15, -0.1) is 0 Å². The van der Waals surface area contributed by atoms with Crippen molar-refractivity contribution in [2.75, 3.05) is 13.2 Å². The van der Waals surface area contributed by atoms with Crippen LogP contribution in [0.25, 0.3) is 0 Å². The first-order valence-electron chi connectivity index (χ1n) is 5.83. The van der Waals surface area contributed by atoms with Gasteiger partial charge in [-0.3, -0.25) is 9.68 Å². The molecule has 102 valence electrons. The minimum Gasteiger partial charge on any atom is -0.480 e. The quantitative estimate of drug-likeness (QED) is 0.239. The van der Waals surface area contributed by atoms with Crippen molar-refractivity contribution in [3.8, 4) is 0 Å². The first-order valence-corrected chi connectivity index (χ1v) is 5.83. The van der Waals surface area contributed by atoms with Gasteiger partial charge in [0.1, 0.15) is 12.6 Å². The first kappa shape index (κ1) is 14.5. The Hall–Kier alpha value is -1.60. The van der Waals surface area contributed by atoms with Crippen molar-refractivity contribution in [3.63, 3.8) is 0 Å². The number of carbonyl (C=O) groups is 2. The molecule has 1 amide bonds. The van der Waals surface area contributed by atoms with Crippen LogP contribution in [-0.4, -0.2) is 36.4 Å². The lowest BCUT2D eigenvalue weighted by Gasteiger charge is -2.07. The molecule has 0 saturated heterocycles. The fourth-order valence-electron chi connectivity index (χ4n) is 1.19. The summed E-state index contributed by atoms with van der Waals surface area (Å²) in [4.78, 5) is 30.6. The van der Waals surface area contributed by atoms with E-state index in [1.54, 1.807) is 0 Å². The van der Waals surface area contributed by atoms with Crippen molar-refractivity contribution in [2.45, 2.75) is 25.3 Å². The van der Waals surface area contributed by atoms with Crippen LogP contribution in [0.3, 0.4) is 0 Å². The van der Waals surface area contributed by atoms with Crippen molar-refractivity contribution in [1.29, 1.82) is 0 Å². The maximum atomic E-state index is 11.1. The van der Waals surface area contributed by atoms with Gasteiger partial charge in [0.05, 0.1) is 0 Å². The van der Waals surface area contributed by atoms with Crippen LogP contribution in [-0.2, 0) is 14.6 Å². The van der Waals surface area contributed by atoms with Gasteiger partial charge < -0.3 is 16.2 Å². The Morgan fingerprint density at radius 2 is 2.11 bits per heavy atom. The lowest BCUT2D eigenvalue weighted by molar-refractivity contribution is -0.240. The molecule has 7 heteroatoms. The monoisotopic (exact) mass is 258 g/mol. The second kappa shape index (κ2) is 7.67. The number of hydrogen-bond donors (Lipinski definition) is 3. The van der Waals surface area contributed by atoms with Crippen LogP contribution in [0.1, 0.15) is 19.3 Å². The molecule has 1 atom stereocenters. The summed E-state index contributed by atoms with van der Waals surface area (Å²) in [5.41, 5.74) is 5.32. The summed E-state index contributed by atoms with van der Waals surface area (Å²) < 4.78 is 0. The van der Waals surface area contributed by atoms with E-state index < -0.39 is 18.1 Å². The molecule has 4 N–H and O–H groups in total. The number of nitrogens with one attached hydrogen (secondary N) is 1. The topological polar surface area (TPSA) is 111 Å². The molecule has 0 aromatic heterocycles. The van der Waals surface area contributed by atoms with Crippen molar-refractivity contribution >= 4 is 12.1 Å². The predicted octanol–water partition coefficient (Wildman–Crippen LogP) is 0.412. The Bertz CT molecular complexity index is 313. The first-order chi connectivity index (χ1) is 8.59. The van der Waals surface area contributed by atoms with Gasteiger partial charge in [0.25, 0.3) is 0 Å². The Balaban J connectivity index is 1.86. The number of amides is 1. The molecule has 0 fully saturated rings. The Morgan fingerprint density at radius 3 is 2.72 bits per heavy atom. The van der Waals surface area contributed by atoms with Crippen molar-refractivity contribution < 1.29 is 24.5 Å².